The number of nitrogens with one attached hydrogen (secondary N) is 1. The standard InChI is InChI=1S/C12H21NO20S3/c14-2-1(13-35(24,25)26)10(19)30-8(11(20)34(21,22)23)5(2)31-12-7(33-36(27,28)29)4(16)3(15)6(32-12)9(17)18/h1-8,10-16,19-20H,(H,17,18)(H,21,22,23)(H,24,25,26)(H,27,28,29)/t1-,2-,3+,4+,5+,6+,7-,8+,10-,11?,12-/m1/s1. The molecule has 36 heavy (non-hydrogen) atoms. The van der Waals surface area contributed by atoms with Gasteiger partial charge in [0.15, 0.2) is 24.8 Å². The van der Waals surface area contributed by atoms with Crippen LogP contribution in [0.4, 0.5) is 0 Å². The molecule has 0 amide bonds. The third-order valence-corrected chi connectivity index (χ3v) is 6.73. The maximum absolute atomic E-state index is 11.4. The van der Waals surface area contributed by atoms with Crippen molar-refractivity contribution in [2.24, 2.45) is 0 Å². The average Bonchev–Trinajstić information content (AvgIpc) is 2.69. The molecular weight excluding hydrogens is 574 g/mol. The van der Waals surface area contributed by atoms with E-state index >= 15 is 0 Å². The molecule has 212 valence electrons. The van der Waals surface area contributed by atoms with Crippen LogP contribution in [0.1, 0.15) is 0 Å². The molecule has 0 aliphatic carbocycles. The molecule has 21 nitrogen and oxygen atoms in total. The van der Waals surface area contributed by atoms with Gasteiger partial charge in [0.05, 0.1) is 0 Å². The van der Waals surface area contributed by atoms with Gasteiger partial charge >= 0.3 is 26.7 Å². The van der Waals surface area contributed by atoms with E-state index in [0.717, 1.165) is 0 Å². The lowest BCUT2D eigenvalue weighted by Gasteiger charge is -2.46. The minimum Gasteiger partial charge on any atom is -0.479 e. The highest BCUT2D eigenvalue weighted by Crippen LogP contribution is 2.32. The first-order chi connectivity index (χ1) is 16.1. The molecule has 0 aromatic heterocycles. The van der Waals surface area contributed by atoms with Crippen LogP contribution in [0.5, 0.6) is 0 Å². The van der Waals surface area contributed by atoms with Gasteiger partial charge in [-0.15, -0.1) is 0 Å². The first kappa shape index (κ1) is 31.0. The van der Waals surface area contributed by atoms with Crippen molar-refractivity contribution < 1.29 is 92.7 Å². The van der Waals surface area contributed by atoms with Crippen molar-refractivity contribution in [3.8, 4) is 0 Å². The summed E-state index contributed by atoms with van der Waals surface area (Å²) in [5.41, 5.74) is -3.09. The molecule has 0 aromatic carbocycles. The highest BCUT2D eigenvalue weighted by Gasteiger charge is 2.56. The summed E-state index contributed by atoms with van der Waals surface area (Å²) in [6.45, 7) is 0. The van der Waals surface area contributed by atoms with Gasteiger partial charge in [0, 0.05) is 0 Å². The minimum atomic E-state index is -5.52. The van der Waals surface area contributed by atoms with E-state index in [0.29, 0.717) is 0 Å². The molecule has 2 aliphatic heterocycles. The van der Waals surface area contributed by atoms with Gasteiger partial charge in [-0.1, -0.05) is 0 Å². The molecule has 24 heteroatoms. The van der Waals surface area contributed by atoms with Crippen LogP contribution >= 0.6 is 0 Å². The van der Waals surface area contributed by atoms with Gasteiger partial charge in [0.25, 0.3) is 10.1 Å². The van der Waals surface area contributed by atoms with Crippen molar-refractivity contribution in [1.29, 1.82) is 0 Å². The Hall–Kier alpha value is -1.20. The molecular formula is C12H21NO20S3. The van der Waals surface area contributed by atoms with Crippen LogP contribution in [-0.2, 0) is 54.0 Å². The summed E-state index contributed by atoms with van der Waals surface area (Å²) in [4.78, 5) is 11.3. The average molecular weight is 595 g/mol. The number of carboxylic acid groups (broad SMARTS) is 1. The zero-order valence-electron chi connectivity index (χ0n) is 17.1. The summed E-state index contributed by atoms with van der Waals surface area (Å²) >= 11 is 0. The molecule has 0 radical (unpaired) electrons. The normalized spacial score (nSPS) is 39.4. The molecule has 2 aliphatic rings. The number of ether oxygens (including phenoxy) is 3. The molecule has 2 heterocycles. The third kappa shape index (κ3) is 7.43. The van der Waals surface area contributed by atoms with Crippen LogP contribution in [0, 0.1) is 0 Å². The molecule has 10 N–H and O–H groups in total. The SMILES string of the molecule is O=C(O)[C@H]1O[C@@H](O[C@H]2[C@H](O)[C@@H](NS(=O)(=O)O)[C@H](O)O[C@@H]2C(O)S(=O)(=O)O)[C@H](OS(=O)(=O)O)[C@@H](O)[C@@H]1O. The van der Waals surface area contributed by atoms with E-state index in [1.165, 1.54) is 4.72 Å². The van der Waals surface area contributed by atoms with E-state index in [1.54, 1.807) is 0 Å². The Kier molecular flexibility index (Phi) is 9.38. The summed E-state index contributed by atoms with van der Waals surface area (Å²) in [7, 11) is -16.3. The van der Waals surface area contributed by atoms with Gasteiger partial charge in [0.1, 0.15) is 36.6 Å². The summed E-state index contributed by atoms with van der Waals surface area (Å²) in [5.74, 6) is -1.99. The fourth-order valence-corrected chi connectivity index (χ4v) is 4.94. The quantitative estimate of drug-likeness (QED) is 0.111. The Morgan fingerprint density at radius 2 is 1.42 bits per heavy atom. The van der Waals surface area contributed by atoms with Gasteiger partial charge in [-0.05, 0) is 0 Å². The molecule has 11 atom stereocenters. The van der Waals surface area contributed by atoms with Crippen LogP contribution in [0.25, 0.3) is 0 Å². The predicted molar refractivity (Wildman–Crippen MR) is 103 cm³/mol. The van der Waals surface area contributed by atoms with Crippen molar-refractivity contribution >= 4 is 36.8 Å². The van der Waals surface area contributed by atoms with E-state index in [9.17, 15) is 55.6 Å². The Morgan fingerprint density at radius 3 is 1.86 bits per heavy atom. The summed E-state index contributed by atoms with van der Waals surface area (Å²) < 4.78 is 114. The van der Waals surface area contributed by atoms with Gasteiger partial charge < -0.3 is 44.8 Å². The minimum absolute atomic E-state index is 1.25. The molecule has 2 saturated heterocycles. The van der Waals surface area contributed by atoms with Crippen molar-refractivity contribution in [3.05, 3.63) is 0 Å². The number of rotatable bonds is 9. The van der Waals surface area contributed by atoms with Crippen LogP contribution < -0.4 is 4.72 Å². The zero-order valence-corrected chi connectivity index (χ0v) is 19.5. The monoisotopic (exact) mass is 595 g/mol. The number of aliphatic hydroxyl groups is 5. The molecule has 0 bridgehead atoms. The largest absolute Gasteiger partial charge is 0.479 e. The molecule has 2 rings (SSSR count). The lowest BCUT2D eigenvalue weighted by Crippen LogP contribution is -2.69. The van der Waals surface area contributed by atoms with Gasteiger partial charge in [0.2, 0.25) is 5.44 Å². The van der Waals surface area contributed by atoms with Crippen molar-refractivity contribution in [2.75, 3.05) is 0 Å². The second-order valence-electron chi connectivity index (χ2n) is 7.34. The lowest BCUT2D eigenvalue weighted by molar-refractivity contribution is -0.338. The molecule has 2 fully saturated rings. The van der Waals surface area contributed by atoms with E-state index in [1.807, 2.05) is 0 Å². The summed E-state index contributed by atoms with van der Waals surface area (Å²) in [5, 5.41) is 59.5. The molecule has 0 saturated carbocycles. The van der Waals surface area contributed by atoms with Crippen LogP contribution in [0.3, 0.4) is 0 Å². The van der Waals surface area contributed by atoms with Crippen LogP contribution in [-0.4, -0.2) is 142 Å². The van der Waals surface area contributed by atoms with Crippen molar-refractivity contribution in [2.45, 2.75) is 66.8 Å². The first-order valence-corrected chi connectivity index (χ1v) is 13.4. The lowest BCUT2D eigenvalue weighted by atomic mass is 9.96. The molecule has 0 aromatic rings. The molecule has 0 spiro atoms. The number of aliphatic carboxylic acids is 1. The van der Waals surface area contributed by atoms with Gasteiger partial charge in [-0.3, -0.25) is 13.7 Å². The van der Waals surface area contributed by atoms with E-state index in [2.05, 4.69) is 8.92 Å². The number of aliphatic hydroxyl groups excluding tert-OH is 5. The van der Waals surface area contributed by atoms with Crippen LogP contribution in [0.15, 0.2) is 0 Å². The Bertz CT molecular complexity index is 1120. The number of hydrogen-bond acceptors (Lipinski definition) is 16. The predicted octanol–water partition coefficient (Wildman–Crippen LogP) is -6.86. The Balaban J connectivity index is 2.54. The fraction of sp³-hybridized carbons (Fsp3) is 0.917. The van der Waals surface area contributed by atoms with Crippen LogP contribution in [0.2, 0.25) is 0 Å². The second kappa shape index (κ2) is 10.9. The van der Waals surface area contributed by atoms with E-state index < -0.39 is 104 Å². The van der Waals surface area contributed by atoms with E-state index in [4.69, 9.17) is 28.2 Å². The topological polar surface area (TPSA) is 351 Å². The maximum Gasteiger partial charge on any atom is 0.397 e. The maximum atomic E-state index is 11.4. The number of hydrogen-bond donors (Lipinski definition) is 10. The van der Waals surface area contributed by atoms with E-state index in [-0.39, 0.29) is 0 Å². The Morgan fingerprint density at radius 1 is 0.861 bits per heavy atom. The number of carbonyl (C=O) groups is 1. The second-order valence-corrected chi connectivity index (χ2v) is 11.1. The zero-order chi connectivity index (χ0) is 28.0. The first-order valence-electron chi connectivity index (χ1n) is 9.10. The van der Waals surface area contributed by atoms with Crippen molar-refractivity contribution in [1.82, 2.24) is 4.72 Å². The number of carboxylic acids is 1. The Labute approximate surface area is 201 Å². The van der Waals surface area contributed by atoms with Crippen molar-refractivity contribution in [3.63, 3.8) is 0 Å². The summed E-state index contributed by atoms with van der Waals surface area (Å²) in [6, 6.07) is -2.33. The fourth-order valence-electron chi connectivity index (χ4n) is 3.30. The van der Waals surface area contributed by atoms with Gasteiger partial charge in [-0.2, -0.15) is 30.0 Å². The highest BCUT2D eigenvalue weighted by molar-refractivity contribution is 7.86. The smallest absolute Gasteiger partial charge is 0.397 e. The van der Waals surface area contributed by atoms with Gasteiger partial charge in [-0.25, -0.2) is 8.98 Å². The highest BCUT2D eigenvalue weighted by atomic mass is 32.3. The molecule has 1 unspecified atom stereocenters. The summed E-state index contributed by atoms with van der Waals surface area (Å²) in [6.07, 6.45) is -22.8. The third-order valence-electron chi connectivity index (χ3n) is 4.82.